The molecule has 3 aromatic carbocycles. The van der Waals surface area contributed by atoms with Gasteiger partial charge in [0.05, 0.1) is 22.2 Å². The first kappa shape index (κ1) is 22.9. The van der Waals surface area contributed by atoms with E-state index in [0.29, 0.717) is 16.3 Å². The Kier molecular flexibility index (Phi) is 6.18. The maximum atomic E-state index is 13.0. The van der Waals surface area contributed by atoms with Crippen LogP contribution in [-0.4, -0.2) is 12.2 Å². The summed E-state index contributed by atoms with van der Waals surface area (Å²) in [6.45, 7) is 2.03. The fourth-order valence-corrected chi connectivity index (χ4v) is 4.95. The number of carbonyl (C=O) groups is 1. The first-order valence-electron chi connectivity index (χ1n) is 11.2. The molecule has 1 saturated heterocycles. The van der Waals surface area contributed by atoms with Crippen molar-refractivity contribution in [2.45, 2.75) is 25.1 Å². The molecule has 35 heavy (non-hydrogen) atoms. The lowest BCUT2D eigenvalue weighted by Gasteiger charge is -2.36. The average molecular weight is 487 g/mol. The third-order valence-electron chi connectivity index (χ3n) is 6.44. The van der Waals surface area contributed by atoms with E-state index >= 15 is 0 Å². The van der Waals surface area contributed by atoms with E-state index in [1.54, 1.807) is 36.4 Å². The van der Waals surface area contributed by atoms with Gasteiger partial charge in [0.15, 0.2) is 6.23 Å². The Morgan fingerprint density at radius 2 is 1.77 bits per heavy atom. The number of para-hydroxylation sites is 1. The molecule has 176 valence electrons. The molecule has 0 radical (unpaired) electrons. The molecule has 8 heteroatoms. The van der Waals surface area contributed by atoms with Crippen LogP contribution >= 0.6 is 11.6 Å². The van der Waals surface area contributed by atoms with Gasteiger partial charge in [-0.1, -0.05) is 71.8 Å². The van der Waals surface area contributed by atoms with Crippen molar-refractivity contribution in [1.82, 2.24) is 10.9 Å². The van der Waals surface area contributed by atoms with E-state index in [0.717, 1.165) is 11.1 Å². The van der Waals surface area contributed by atoms with Crippen molar-refractivity contribution in [2.24, 2.45) is 11.7 Å². The Bertz CT molecular complexity index is 1350. The minimum absolute atomic E-state index is 0.0461. The number of hydrogen-bond acceptors (Lipinski definition) is 7. The van der Waals surface area contributed by atoms with Crippen molar-refractivity contribution >= 4 is 17.6 Å². The van der Waals surface area contributed by atoms with Crippen molar-refractivity contribution < 1.29 is 14.3 Å². The van der Waals surface area contributed by atoms with Crippen molar-refractivity contribution in [3.05, 3.63) is 112 Å². The number of nitrogens with zero attached hydrogens (tertiary/aromatic N) is 1. The minimum Gasteiger partial charge on any atom is -0.458 e. The molecule has 5 rings (SSSR count). The van der Waals surface area contributed by atoms with Gasteiger partial charge in [-0.05, 0) is 30.7 Å². The molecule has 0 amide bonds. The number of halogens is 1. The highest BCUT2D eigenvalue weighted by Crippen LogP contribution is 2.49. The summed E-state index contributed by atoms with van der Waals surface area (Å²) in [5.41, 5.74) is 16.0. The van der Waals surface area contributed by atoms with Crippen LogP contribution in [0.5, 0.6) is 5.75 Å². The van der Waals surface area contributed by atoms with E-state index in [1.165, 1.54) is 0 Å². The number of nitriles is 1. The summed E-state index contributed by atoms with van der Waals surface area (Å²) in [5.74, 6) is -0.953. The minimum atomic E-state index is -0.583. The largest absolute Gasteiger partial charge is 0.458 e. The molecule has 4 atom stereocenters. The van der Waals surface area contributed by atoms with Crippen molar-refractivity contribution in [3.8, 4) is 11.8 Å². The van der Waals surface area contributed by atoms with Gasteiger partial charge in [0.2, 0.25) is 5.88 Å². The third kappa shape index (κ3) is 4.24. The monoisotopic (exact) mass is 486 g/mol. The number of ether oxygens (including phenoxy) is 2. The van der Waals surface area contributed by atoms with Gasteiger partial charge in [0.25, 0.3) is 0 Å². The number of aryl methyl sites for hydroxylation is 1. The first-order chi connectivity index (χ1) is 17.0. The van der Waals surface area contributed by atoms with Gasteiger partial charge in [-0.3, -0.25) is 0 Å². The number of hydrazine groups is 1. The second-order valence-corrected chi connectivity index (χ2v) is 8.97. The van der Waals surface area contributed by atoms with Gasteiger partial charge in [-0.25, -0.2) is 15.6 Å². The molecule has 0 bridgehead atoms. The van der Waals surface area contributed by atoms with Gasteiger partial charge in [0.1, 0.15) is 11.8 Å². The molecule has 4 N–H and O–H groups in total. The Balaban J connectivity index is 1.58. The van der Waals surface area contributed by atoms with E-state index < -0.39 is 18.1 Å². The number of fused-ring (bicyclic) bond motifs is 1. The van der Waals surface area contributed by atoms with Gasteiger partial charge in [0, 0.05) is 17.4 Å². The molecule has 4 unspecified atom stereocenters. The normalized spacial score (nSPS) is 23.2. The number of allylic oxidation sites excluding steroid dienone is 1. The Morgan fingerprint density at radius 1 is 1.06 bits per heavy atom. The number of esters is 1. The molecule has 3 aromatic rings. The summed E-state index contributed by atoms with van der Waals surface area (Å²) in [6, 6.07) is 24.1. The second-order valence-electron chi connectivity index (χ2n) is 8.57. The van der Waals surface area contributed by atoms with Crippen LogP contribution in [0.3, 0.4) is 0 Å². The molecule has 0 saturated carbocycles. The zero-order valence-electron chi connectivity index (χ0n) is 18.9. The topological polar surface area (TPSA) is 109 Å². The van der Waals surface area contributed by atoms with Crippen molar-refractivity contribution in [3.63, 3.8) is 0 Å². The molecular weight excluding hydrogens is 464 g/mol. The fraction of sp³-hybridized carbons (Fsp3) is 0.185. The summed E-state index contributed by atoms with van der Waals surface area (Å²) < 4.78 is 11.7. The summed E-state index contributed by atoms with van der Waals surface area (Å²) in [7, 11) is 0. The third-order valence-corrected chi connectivity index (χ3v) is 6.77. The van der Waals surface area contributed by atoms with Gasteiger partial charge < -0.3 is 15.2 Å². The number of benzene rings is 3. The average Bonchev–Trinajstić information content (AvgIpc) is 3.27. The standard InChI is InChI=1S/C27H23ClN4O3/c1-15-10-12-16(13-11-15)24-23-22(19(14-29)25(30)35-26(23)32-31-24)18-7-3-5-9-21(18)34-27(33)17-6-2-4-8-20(17)28/h2-13,22-24,26,31-32H,30H2,1H3. The fourth-order valence-electron chi connectivity index (χ4n) is 4.74. The highest BCUT2D eigenvalue weighted by atomic mass is 35.5. The van der Waals surface area contributed by atoms with E-state index in [-0.39, 0.29) is 29.0 Å². The lowest BCUT2D eigenvalue weighted by Crippen LogP contribution is -2.41. The van der Waals surface area contributed by atoms with E-state index in [2.05, 4.69) is 16.9 Å². The Labute approximate surface area is 208 Å². The number of carbonyl (C=O) groups excluding carboxylic acids is 1. The highest BCUT2D eigenvalue weighted by Gasteiger charge is 2.50. The van der Waals surface area contributed by atoms with Crippen molar-refractivity contribution in [1.29, 1.82) is 5.26 Å². The van der Waals surface area contributed by atoms with Crippen molar-refractivity contribution in [2.75, 3.05) is 0 Å². The predicted octanol–water partition coefficient (Wildman–Crippen LogP) is 4.47. The molecule has 1 fully saturated rings. The van der Waals surface area contributed by atoms with Crippen LogP contribution in [0.15, 0.2) is 84.3 Å². The molecule has 0 aromatic heterocycles. The molecule has 0 spiro atoms. The van der Waals surface area contributed by atoms with E-state index in [9.17, 15) is 10.1 Å². The molecule has 0 aliphatic carbocycles. The lowest BCUT2D eigenvalue weighted by atomic mass is 9.74. The Hall–Kier alpha value is -3.83. The smallest absolute Gasteiger partial charge is 0.345 e. The first-order valence-corrected chi connectivity index (χ1v) is 11.6. The molecular formula is C27H23ClN4O3. The highest BCUT2D eigenvalue weighted by molar-refractivity contribution is 6.33. The molecule has 7 nitrogen and oxygen atoms in total. The van der Waals surface area contributed by atoms with Crippen LogP contribution in [0.2, 0.25) is 5.02 Å². The molecule has 2 aliphatic heterocycles. The van der Waals surface area contributed by atoms with Gasteiger partial charge in [-0.15, -0.1) is 0 Å². The zero-order chi connectivity index (χ0) is 24.5. The molecule has 2 heterocycles. The van der Waals surface area contributed by atoms with Crippen LogP contribution in [-0.2, 0) is 4.74 Å². The van der Waals surface area contributed by atoms with Crippen LogP contribution < -0.4 is 21.3 Å². The lowest BCUT2D eigenvalue weighted by molar-refractivity contribution is 0.0336. The maximum absolute atomic E-state index is 13.0. The summed E-state index contributed by atoms with van der Waals surface area (Å²) in [4.78, 5) is 13.0. The zero-order valence-corrected chi connectivity index (χ0v) is 19.6. The van der Waals surface area contributed by atoms with Crippen LogP contribution in [0.4, 0.5) is 0 Å². The van der Waals surface area contributed by atoms with E-state index in [1.807, 2.05) is 43.3 Å². The SMILES string of the molecule is Cc1ccc(C2NNC3OC(N)=C(C#N)C(c4ccccc4OC(=O)c4ccccc4Cl)C32)cc1. The van der Waals surface area contributed by atoms with Crippen LogP contribution in [0, 0.1) is 24.2 Å². The number of hydrogen-bond donors (Lipinski definition) is 3. The maximum Gasteiger partial charge on any atom is 0.345 e. The Morgan fingerprint density at radius 3 is 2.51 bits per heavy atom. The number of nitrogens with one attached hydrogen (secondary N) is 2. The number of rotatable bonds is 4. The quantitative estimate of drug-likeness (QED) is 0.368. The molecule has 2 aliphatic rings. The summed E-state index contributed by atoms with van der Waals surface area (Å²) >= 11 is 6.21. The number of nitrogens with two attached hydrogens (primary N) is 1. The van der Waals surface area contributed by atoms with Crippen LogP contribution in [0.25, 0.3) is 0 Å². The van der Waals surface area contributed by atoms with Crippen LogP contribution in [0.1, 0.15) is 39.0 Å². The summed E-state index contributed by atoms with van der Waals surface area (Å²) in [5, 5.41) is 10.4. The predicted molar refractivity (Wildman–Crippen MR) is 131 cm³/mol. The van der Waals surface area contributed by atoms with Gasteiger partial charge >= 0.3 is 5.97 Å². The van der Waals surface area contributed by atoms with E-state index in [4.69, 9.17) is 26.8 Å². The van der Waals surface area contributed by atoms with Gasteiger partial charge in [-0.2, -0.15) is 5.26 Å². The summed E-state index contributed by atoms with van der Waals surface area (Å²) in [6.07, 6.45) is -0.490. The second kappa shape index (κ2) is 9.43.